The van der Waals surface area contributed by atoms with Crippen LogP contribution in [0.2, 0.25) is 0 Å². The number of hydrogen-bond donors (Lipinski definition) is 1. The van der Waals surface area contributed by atoms with Gasteiger partial charge >= 0.3 is 0 Å². The number of fused-ring (bicyclic) bond motifs is 1. The molecule has 0 saturated heterocycles. The van der Waals surface area contributed by atoms with Crippen molar-refractivity contribution < 1.29 is 22.4 Å². The van der Waals surface area contributed by atoms with Crippen molar-refractivity contribution >= 4 is 44.0 Å². The number of halogens is 1. The minimum absolute atomic E-state index is 0.0311. The quantitative estimate of drug-likeness (QED) is 0.621. The lowest BCUT2D eigenvalue weighted by Gasteiger charge is -2.14. The average Bonchev–Trinajstić information content (AvgIpc) is 3.24. The van der Waals surface area contributed by atoms with Crippen molar-refractivity contribution in [1.29, 1.82) is 0 Å². The van der Waals surface area contributed by atoms with Crippen LogP contribution in [0.25, 0.3) is 0 Å². The van der Waals surface area contributed by atoms with Crippen LogP contribution in [-0.4, -0.2) is 30.4 Å². The van der Waals surface area contributed by atoms with E-state index in [0.29, 0.717) is 11.4 Å². The van der Waals surface area contributed by atoms with Crippen molar-refractivity contribution in [3.05, 3.63) is 64.4 Å². The largest absolute Gasteiger partial charge is 0.269 e. The number of sulfonamides is 1. The molecule has 0 bridgehead atoms. The maximum atomic E-state index is 14.0. The lowest BCUT2D eigenvalue weighted by Crippen LogP contribution is -2.29. The maximum absolute atomic E-state index is 14.0. The summed E-state index contributed by atoms with van der Waals surface area (Å²) in [7, 11) is -3.93. The van der Waals surface area contributed by atoms with Crippen LogP contribution in [0.5, 0.6) is 0 Å². The molecule has 2 heterocycles. The van der Waals surface area contributed by atoms with Crippen LogP contribution in [0.15, 0.2) is 47.4 Å². The Morgan fingerprint density at radius 1 is 1.07 bits per heavy atom. The van der Waals surface area contributed by atoms with Gasteiger partial charge in [0.25, 0.3) is 21.8 Å². The van der Waals surface area contributed by atoms with E-state index in [4.69, 9.17) is 0 Å². The summed E-state index contributed by atoms with van der Waals surface area (Å²) in [6, 6.07) is 8.94. The zero-order valence-corrected chi connectivity index (χ0v) is 16.6. The van der Waals surface area contributed by atoms with Crippen LogP contribution in [0.1, 0.15) is 32.6 Å². The third-order valence-corrected chi connectivity index (χ3v) is 6.73. The first-order valence-electron chi connectivity index (χ1n) is 8.44. The fraction of sp³-hybridized carbons (Fsp3) is 0.111. The molecule has 8 nitrogen and oxygen atoms in total. The van der Waals surface area contributed by atoms with E-state index in [2.05, 4.69) is 14.9 Å². The van der Waals surface area contributed by atoms with Crippen LogP contribution in [0.3, 0.4) is 0 Å². The fourth-order valence-corrected chi connectivity index (χ4v) is 4.77. The van der Waals surface area contributed by atoms with Crippen LogP contribution in [0, 0.1) is 5.82 Å². The standard InChI is InChI=1S/C18H13FN4O4S2/c1-2-14-20-21-18(28-14)22-29(26,27)11-8-6-10(7-9-11)23-16(24)12-4-3-5-13(19)15(12)17(23)25/h3-9H,2H2,1H3,(H,21,22). The summed E-state index contributed by atoms with van der Waals surface area (Å²) in [6.45, 7) is 1.88. The first-order chi connectivity index (χ1) is 13.8. The highest BCUT2D eigenvalue weighted by Gasteiger charge is 2.38. The van der Waals surface area contributed by atoms with E-state index < -0.39 is 27.7 Å². The number of aryl methyl sites for hydroxylation is 1. The second kappa shape index (κ2) is 7.01. The molecule has 0 fully saturated rings. The number of nitrogens with zero attached hydrogens (tertiary/aromatic N) is 3. The van der Waals surface area contributed by atoms with E-state index in [9.17, 15) is 22.4 Å². The summed E-state index contributed by atoms with van der Waals surface area (Å²) in [5.41, 5.74) is -0.186. The Hall–Kier alpha value is -3.18. The van der Waals surface area contributed by atoms with Crippen LogP contribution in [-0.2, 0) is 16.4 Å². The monoisotopic (exact) mass is 432 g/mol. The van der Waals surface area contributed by atoms with E-state index in [0.717, 1.165) is 22.3 Å². The smallest absolute Gasteiger partial charge is 0.268 e. The molecule has 0 spiro atoms. The Balaban J connectivity index is 1.61. The minimum atomic E-state index is -3.93. The summed E-state index contributed by atoms with van der Waals surface area (Å²) >= 11 is 1.13. The number of nitrogens with one attached hydrogen (secondary N) is 1. The second-order valence-electron chi connectivity index (χ2n) is 6.06. The predicted molar refractivity (Wildman–Crippen MR) is 104 cm³/mol. The Morgan fingerprint density at radius 2 is 1.79 bits per heavy atom. The highest BCUT2D eigenvalue weighted by Crippen LogP contribution is 2.31. The van der Waals surface area contributed by atoms with E-state index in [1.165, 1.54) is 36.4 Å². The molecular weight excluding hydrogens is 419 g/mol. The van der Waals surface area contributed by atoms with Gasteiger partial charge < -0.3 is 0 Å². The van der Waals surface area contributed by atoms with Gasteiger partial charge in [-0.05, 0) is 42.8 Å². The van der Waals surface area contributed by atoms with E-state index >= 15 is 0 Å². The number of rotatable bonds is 5. The summed E-state index contributed by atoms with van der Waals surface area (Å²) < 4.78 is 41.3. The number of amides is 2. The third kappa shape index (κ3) is 3.28. The SMILES string of the molecule is CCc1nnc(NS(=O)(=O)c2ccc(N3C(=O)c4cccc(F)c4C3=O)cc2)s1. The molecule has 0 unspecified atom stereocenters. The van der Waals surface area contributed by atoms with Gasteiger partial charge in [-0.25, -0.2) is 17.7 Å². The summed E-state index contributed by atoms with van der Waals surface area (Å²) in [5.74, 6) is -2.24. The molecule has 1 N–H and O–H groups in total. The minimum Gasteiger partial charge on any atom is -0.268 e. The molecule has 0 aliphatic carbocycles. The molecule has 4 rings (SSSR count). The van der Waals surface area contributed by atoms with Crippen molar-refractivity contribution in [2.75, 3.05) is 9.62 Å². The van der Waals surface area contributed by atoms with E-state index in [1.807, 2.05) is 6.92 Å². The lowest BCUT2D eigenvalue weighted by atomic mass is 10.1. The molecule has 2 amide bonds. The average molecular weight is 432 g/mol. The van der Waals surface area contributed by atoms with Gasteiger partial charge in [-0.2, -0.15) is 0 Å². The summed E-state index contributed by atoms with van der Waals surface area (Å²) in [5, 5.41) is 8.46. The summed E-state index contributed by atoms with van der Waals surface area (Å²) in [6.07, 6.45) is 0.634. The van der Waals surface area contributed by atoms with Crippen molar-refractivity contribution in [3.63, 3.8) is 0 Å². The van der Waals surface area contributed by atoms with Gasteiger partial charge in [0, 0.05) is 0 Å². The molecule has 29 heavy (non-hydrogen) atoms. The van der Waals surface area contributed by atoms with E-state index in [-0.39, 0.29) is 26.8 Å². The van der Waals surface area contributed by atoms with Gasteiger partial charge in [-0.3, -0.25) is 14.3 Å². The molecule has 1 aromatic heterocycles. The second-order valence-corrected chi connectivity index (χ2v) is 8.81. The first kappa shape index (κ1) is 19.2. The van der Waals surface area contributed by atoms with Gasteiger partial charge in [0.1, 0.15) is 10.8 Å². The maximum Gasteiger partial charge on any atom is 0.269 e. The first-order valence-corrected chi connectivity index (χ1v) is 10.7. The number of aromatic nitrogens is 2. The number of hydrogen-bond acceptors (Lipinski definition) is 7. The molecule has 1 aliphatic heterocycles. The van der Waals surface area contributed by atoms with Crippen LogP contribution < -0.4 is 9.62 Å². The van der Waals surface area contributed by atoms with Gasteiger partial charge in [-0.1, -0.05) is 24.3 Å². The number of anilines is 2. The Bertz CT molecular complexity index is 1240. The molecule has 148 valence electrons. The molecule has 0 saturated carbocycles. The number of imide groups is 1. The fourth-order valence-electron chi connectivity index (χ4n) is 2.86. The van der Waals surface area contributed by atoms with Crippen LogP contribution in [0.4, 0.5) is 15.2 Å². The lowest BCUT2D eigenvalue weighted by molar-refractivity contribution is 0.0925. The molecule has 3 aromatic rings. The number of carbonyl (C=O) groups excluding carboxylic acids is 2. The topological polar surface area (TPSA) is 109 Å². The molecule has 0 radical (unpaired) electrons. The van der Waals surface area contributed by atoms with E-state index in [1.54, 1.807) is 0 Å². The van der Waals surface area contributed by atoms with Crippen molar-refractivity contribution in [1.82, 2.24) is 10.2 Å². The highest BCUT2D eigenvalue weighted by molar-refractivity contribution is 7.93. The van der Waals surface area contributed by atoms with Crippen LogP contribution >= 0.6 is 11.3 Å². The normalized spacial score (nSPS) is 13.7. The van der Waals surface area contributed by atoms with Crippen molar-refractivity contribution in [2.45, 2.75) is 18.2 Å². The predicted octanol–water partition coefficient (Wildman–Crippen LogP) is 2.84. The number of benzene rings is 2. The van der Waals surface area contributed by atoms with Crippen molar-refractivity contribution in [3.8, 4) is 0 Å². The third-order valence-electron chi connectivity index (χ3n) is 4.26. The Kier molecular flexibility index (Phi) is 4.63. The zero-order chi connectivity index (χ0) is 20.8. The Morgan fingerprint density at radius 3 is 2.41 bits per heavy atom. The zero-order valence-electron chi connectivity index (χ0n) is 14.9. The molecule has 0 atom stereocenters. The Labute approximate surface area is 169 Å². The summed E-state index contributed by atoms with van der Waals surface area (Å²) in [4.78, 5) is 25.7. The van der Waals surface area contributed by atoms with Gasteiger partial charge in [-0.15, -0.1) is 10.2 Å². The number of carbonyl (C=O) groups is 2. The highest BCUT2D eigenvalue weighted by atomic mass is 32.2. The van der Waals surface area contributed by atoms with Crippen molar-refractivity contribution in [2.24, 2.45) is 0 Å². The molecule has 2 aromatic carbocycles. The van der Waals surface area contributed by atoms with Gasteiger partial charge in [0.15, 0.2) is 0 Å². The molecule has 11 heteroatoms. The van der Waals surface area contributed by atoms with Gasteiger partial charge in [0.05, 0.1) is 21.7 Å². The molecular formula is C18H13FN4O4S2. The van der Waals surface area contributed by atoms with Gasteiger partial charge in [0.2, 0.25) is 5.13 Å². The molecule has 1 aliphatic rings.